The molecule has 0 unspecified atom stereocenters. The first kappa shape index (κ1) is 65.5. The number of rotatable bonds is 13. The van der Waals surface area contributed by atoms with Crippen molar-refractivity contribution in [3.05, 3.63) is 123 Å². The van der Waals surface area contributed by atoms with Crippen LogP contribution in [0.4, 0.5) is 4.39 Å². The number of esters is 3. The van der Waals surface area contributed by atoms with Crippen molar-refractivity contribution in [2.75, 3.05) is 7.15 Å². The summed E-state index contributed by atoms with van der Waals surface area (Å²) in [5, 5.41) is 22.2. The van der Waals surface area contributed by atoms with E-state index < -0.39 is 41.9 Å². The van der Waals surface area contributed by atoms with Gasteiger partial charge in [-0.15, -0.1) is 10.2 Å². The molecule has 4 aliphatic rings. The van der Waals surface area contributed by atoms with Gasteiger partial charge in [-0.25, -0.2) is 48.9 Å². The molecule has 26 heteroatoms. The lowest BCUT2D eigenvalue weighted by atomic mass is 10.2. The van der Waals surface area contributed by atoms with Gasteiger partial charge < -0.3 is 33.2 Å². The van der Waals surface area contributed by atoms with Crippen molar-refractivity contribution >= 4 is 64.3 Å². The summed E-state index contributed by atoms with van der Waals surface area (Å²) in [6.07, 6.45) is 12.7. The van der Waals surface area contributed by atoms with E-state index >= 15 is 0 Å². The van der Waals surface area contributed by atoms with Crippen LogP contribution in [0.25, 0.3) is 11.6 Å². The fraction of sp³-hybridized carbons (Fsp3) is 0.492. The summed E-state index contributed by atoms with van der Waals surface area (Å²) in [5.74, 6) is 4.80. The van der Waals surface area contributed by atoms with Crippen LogP contribution in [0, 0.1) is 23.7 Å². The molecule has 85 heavy (non-hydrogen) atoms. The number of nitrogens with one attached hydrogen (secondary N) is 2. The number of alkyl halides is 1. The van der Waals surface area contributed by atoms with Crippen molar-refractivity contribution in [1.82, 2.24) is 54.9 Å². The van der Waals surface area contributed by atoms with Gasteiger partial charge >= 0.3 is 17.9 Å². The highest BCUT2D eigenvalue weighted by Gasteiger charge is 2.38. The smallest absolute Gasteiger partial charge is 0.341 e. The highest BCUT2D eigenvalue weighted by Crippen LogP contribution is 2.36. The number of nitrogens with zero attached hydrogens (tertiary/aromatic N) is 9. The Kier molecular flexibility index (Phi) is 22.7. The molecule has 2 N–H and O–H groups in total. The van der Waals surface area contributed by atoms with Gasteiger partial charge in [0.25, 0.3) is 0 Å². The van der Waals surface area contributed by atoms with E-state index in [0.29, 0.717) is 47.4 Å². The molecule has 460 valence electrons. The Morgan fingerprint density at radius 2 is 0.812 bits per heavy atom. The zero-order chi connectivity index (χ0) is 63.3. The summed E-state index contributed by atoms with van der Waals surface area (Å²) in [5.41, 5.74) is -1.06. The molecule has 4 saturated carbocycles. The molecule has 21 nitrogen and oxygen atoms in total. The maximum Gasteiger partial charge on any atom is 0.341 e. The summed E-state index contributed by atoms with van der Waals surface area (Å²) in [4.78, 5) is 48.0. The molecule has 7 aromatic heterocycles. The van der Waals surface area contributed by atoms with Gasteiger partial charge in [-0.2, -0.15) is 10.2 Å². The Morgan fingerprint density at radius 1 is 0.506 bits per heavy atom. The predicted octanol–water partition coefficient (Wildman–Crippen LogP) is 13.6. The number of H-pyrrole nitrogens is 2. The third kappa shape index (κ3) is 22.4. The minimum atomic E-state index is -1.00. The second-order valence-corrected chi connectivity index (χ2v) is 25.0. The predicted molar refractivity (Wildman–Crippen MR) is 319 cm³/mol. The molecule has 0 amide bonds. The Hall–Kier alpha value is -7.01. The van der Waals surface area contributed by atoms with Gasteiger partial charge in [0.2, 0.25) is 23.5 Å². The molecule has 0 spiro atoms. The Bertz CT molecular complexity index is 3140. The summed E-state index contributed by atoms with van der Waals surface area (Å²) < 4.78 is 56.7. The van der Waals surface area contributed by atoms with Crippen LogP contribution >= 0.6 is 46.4 Å². The Morgan fingerprint density at radius 3 is 1.08 bits per heavy atom. The van der Waals surface area contributed by atoms with Crippen LogP contribution in [0.2, 0.25) is 20.6 Å². The molecule has 8 atom stereocenters. The topological polar surface area (TPSA) is 247 Å². The van der Waals surface area contributed by atoms with Crippen molar-refractivity contribution in [3.8, 4) is 35.2 Å². The third-order valence-electron chi connectivity index (χ3n) is 12.1. The lowest BCUT2D eigenvalue weighted by Crippen LogP contribution is -2.24. The zero-order valence-electron chi connectivity index (χ0n) is 50.7. The van der Waals surface area contributed by atoms with Crippen LogP contribution in [-0.4, -0.2) is 121 Å². The number of pyridine rings is 3. The van der Waals surface area contributed by atoms with Crippen molar-refractivity contribution in [2.24, 2.45) is 23.7 Å². The number of aromatic nitrogens is 11. The Balaban J connectivity index is 0.000000177. The van der Waals surface area contributed by atoms with E-state index in [2.05, 4.69) is 73.2 Å². The number of carbonyl (C=O) groups excluding carboxylic acids is 3. The molecule has 4 aliphatic carbocycles. The molecule has 0 bridgehead atoms. The first-order chi connectivity index (χ1) is 40.4. The van der Waals surface area contributed by atoms with Crippen molar-refractivity contribution in [3.63, 3.8) is 0 Å². The lowest BCUT2D eigenvalue weighted by Gasteiger charge is -2.19. The zero-order valence-corrected chi connectivity index (χ0v) is 52.8. The lowest BCUT2D eigenvalue weighted by molar-refractivity contribution is 0.00566. The van der Waals surface area contributed by atoms with Crippen LogP contribution in [-0.2, 0) is 14.2 Å². The van der Waals surface area contributed by atoms with Crippen LogP contribution < -0.4 is 18.9 Å². The molecule has 7 heterocycles. The quantitative estimate of drug-likeness (QED) is 0.0619. The molecule has 11 rings (SSSR count). The number of hydrogen-bond donors (Lipinski definition) is 2. The van der Waals surface area contributed by atoms with E-state index in [0.717, 1.165) is 36.4 Å². The van der Waals surface area contributed by atoms with Crippen molar-refractivity contribution in [2.45, 2.75) is 157 Å². The average molecular weight is 1260 g/mol. The number of halogens is 5. The van der Waals surface area contributed by atoms with Crippen LogP contribution in [0.1, 0.15) is 148 Å². The molecule has 0 aliphatic heterocycles. The fourth-order valence-electron chi connectivity index (χ4n) is 7.03. The standard InChI is InChI=1S/2C17H20ClN3O3.C10H11Cl2NO2.2C7H10N2O.CH3F/c2*1-10-9-12(10)23-14-7-8-21(20-14)13-6-5-11(15(18)19-13)16(22)24-17(2,3)4;1-10(2,3)15-9(14)6-4-5-7(11)13-8(6)12;2*1-5-4-6(5)10-7-2-3-8-9-7;1-2/h2*5-8,10,12H,9H2,1-4H3;4-5H,1-3H3;2*2-3,5-6H,4H2,1H3,(H,8,9);1H3/t2*10-,12+;;2*5-,6+;/m10.10./s1/i;;;;;1D. The van der Waals surface area contributed by atoms with E-state index in [1.807, 2.05) is 12.1 Å². The van der Waals surface area contributed by atoms with Gasteiger partial charge in [-0.05, 0) is 148 Å². The van der Waals surface area contributed by atoms with Crippen LogP contribution in [0.15, 0.2) is 85.5 Å². The summed E-state index contributed by atoms with van der Waals surface area (Å²) in [6.45, 7) is 24.8. The van der Waals surface area contributed by atoms with E-state index in [1.54, 1.807) is 133 Å². The SMILES string of the molecule is CC(C)(C)OC(=O)c1ccc(Cl)nc1Cl.C[C@@H]1C[C@@H]1Oc1ccn(-c2ccc(C(=O)OC(C)(C)C)c(Cl)n2)n1.C[C@@H]1C[C@@H]1Oc1ccn[nH]1.C[C@H]1C[C@H]1Oc1ccn(-c2ccc(C(=O)OC(C)(C)C)c(Cl)n2)n1.C[C@H]1C[C@H]1Oc1ccn[nH]1.[2H]CF. The van der Waals surface area contributed by atoms with Gasteiger partial charge in [0.15, 0.2) is 11.6 Å². The first-order valence-corrected chi connectivity index (χ1v) is 28.9. The molecule has 0 radical (unpaired) electrons. The first-order valence-electron chi connectivity index (χ1n) is 28.1. The molecule has 0 saturated heterocycles. The minimum absolute atomic E-state index is 0.0525. The average Bonchev–Trinajstić information content (AvgIpc) is 3.94. The van der Waals surface area contributed by atoms with Gasteiger partial charge in [0.05, 0.1) is 37.6 Å². The number of carbonyl (C=O) groups is 3. The number of hydrogen-bond acceptors (Lipinski definition) is 17. The maximum absolute atomic E-state index is 12.1. The molecule has 7 aromatic rings. The normalized spacial score (nSPS) is 20.5. The van der Waals surface area contributed by atoms with Gasteiger partial charge in [-0.3, -0.25) is 4.39 Å². The van der Waals surface area contributed by atoms with Crippen molar-refractivity contribution in [1.29, 1.82) is 0 Å². The molecular formula is C59H74Cl4FN11O10. The van der Waals surface area contributed by atoms with Gasteiger partial charge in [-0.1, -0.05) is 74.1 Å². The monoisotopic (exact) mass is 1260 g/mol. The second kappa shape index (κ2) is 29.4. The third-order valence-corrected chi connectivity index (χ3v) is 13.2. The van der Waals surface area contributed by atoms with Gasteiger partial charge in [0.1, 0.15) is 61.8 Å². The number of aromatic amines is 2. The summed E-state index contributed by atoms with van der Waals surface area (Å²) in [6, 6.07) is 16.7. The fourth-order valence-corrected chi connectivity index (χ4v) is 7.91. The largest absolute Gasteiger partial charge is 0.474 e. The maximum atomic E-state index is 12.1. The Labute approximate surface area is 515 Å². The molecule has 0 aromatic carbocycles. The summed E-state index contributed by atoms with van der Waals surface area (Å²) >= 11 is 23.6. The number of ether oxygens (including phenoxy) is 7. The molecular weight excluding hydrogens is 1180 g/mol. The van der Waals surface area contributed by atoms with E-state index in [1.165, 1.54) is 25.0 Å². The molecule has 4 fully saturated rings. The van der Waals surface area contributed by atoms with E-state index in [-0.39, 0.29) is 49.5 Å². The van der Waals surface area contributed by atoms with Crippen LogP contribution in [0.3, 0.4) is 0 Å². The highest BCUT2D eigenvalue weighted by atomic mass is 35.5. The van der Waals surface area contributed by atoms with Gasteiger partial charge in [0, 0.05) is 36.7 Å². The van der Waals surface area contributed by atoms with Crippen molar-refractivity contribution < 1.29 is 53.3 Å². The highest BCUT2D eigenvalue weighted by molar-refractivity contribution is 6.34. The second-order valence-electron chi connectivity index (χ2n) is 23.5. The summed E-state index contributed by atoms with van der Waals surface area (Å²) in [7, 11) is -1.00. The van der Waals surface area contributed by atoms with E-state index in [4.69, 9.17) is 80.9 Å². The minimum Gasteiger partial charge on any atom is -0.474 e. The van der Waals surface area contributed by atoms with E-state index in [9.17, 15) is 18.8 Å². The van der Waals surface area contributed by atoms with Crippen LogP contribution in [0.5, 0.6) is 23.5 Å².